The number of carbonyl (C=O) groups excluding carboxylic acids is 1. The van der Waals surface area contributed by atoms with Gasteiger partial charge in [-0.05, 0) is 27.8 Å². The number of hydrogen-bond acceptors (Lipinski definition) is 5. The van der Waals surface area contributed by atoms with Gasteiger partial charge < -0.3 is 24.5 Å². The molecule has 0 bridgehead atoms. The van der Waals surface area contributed by atoms with Crippen molar-refractivity contribution in [1.29, 1.82) is 0 Å². The van der Waals surface area contributed by atoms with Gasteiger partial charge in [0.1, 0.15) is 5.15 Å². The number of halogens is 2. The highest BCUT2D eigenvalue weighted by Gasteiger charge is 2.38. The first-order valence-corrected chi connectivity index (χ1v) is 13.9. The van der Waals surface area contributed by atoms with Crippen LogP contribution < -0.4 is 5.32 Å². The summed E-state index contributed by atoms with van der Waals surface area (Å²) >= 11 is 12.5. The third-order valence-corrected chi connectivity index (χ3v) is 8.04. The molecule has 1 aromatic heterocycles. The first-order valence-electron chi connectivity index (χ1n) is 13.1. The Kier molecular flexibility index (Phi) is 8.88. The van der Waals surface area contributed by atoms with Crippen LogP contribution in [-0.2, 0) is 34.0 Å². The molecule has 7 nitrogen and oxygen atoms in total. The topological polar surface area (TPSA) is 85.6 Å². The predicted octanol–water partition coefficient (Wildman–Crippen LogP) is 6.48. The monoisotopic (exact) mass is 579 g/mol. The zero-order chi connectivity index (χ0) is 28.2. The van der Waals surface area contributed by atoms with Crippen molar-refractivity contribution in [3.63, 3.8) is 0 Å². The predicted molar refractivity (Wildman–Crippen MR) is 155 cm³/mol. The average molecular weight is 581 g/mol. The zero-order valence-corrected chi connectivity index (χ0v) is 23.8. The van der Waals surface area contributed by atoms with Crippen molar-refractivity contribution in [2.24, 2.45) is 5.92 Å². The molecule has 0 unspecified atom stereocenters. The van der Waals surface area contributed by atoms with Gasteiger partial charge in [0.25, 0.3) is 0 Å². The number of nitrogens with one attached hydrogen (secondary N) is 1. The fraction of sp³-hybridized carbons (Fsp3) is 0.290. The molecule has 1 amide bonds. The normalized spacial score (nSPS) is 20.8. The van der Waals surface area contributed by atoms with Crippen molar-refractivity contribution in [2.45, 2.75) is 52.0 Å². The van der Waals surface area contributed by atoms with E-state index in [0.29, 0.717) is 18.2 Å². The summed E-state index contributed by atoms with van der Waals surface area (Å²) in [5.74, 6) is -0.0891. The SMILES string of the molecule is CC(=O)NCc1ccccc1-c1ccc([C@@H]2O[C@H](Cn3cnc(Cl)c3Cl)[C@H](C)[C@H](c3ccc(CO)cc3)O2)cc1. The van der Waals surface area contributed by atoms with E-state index in [1.807, 2.05) is 72.8 Å². The third-order valence-electron chi connectivity index (χ3n) is 7.27. The summed E-state index contributed by atoms with van der Waals surface area (Å²) < 4.78 is 14.9. The molecular formula is C31H31Cl2N3O4. The lowest BCUT2D eigenvalue weighted by atomic mass is 9.90. The molecule has 40 heavy (non-hydrogen) atoms. The molecule has 0 saturated carbocycles. The summed E-state index contributed by atoms with van der Waals surface area (Å²) in [5.41, 5.74) is 5.83. The van der Waals surface area contributed by atoms with Gasteiger partial charge in [0.15, 0.2) is 11.4 Å². The van der Waals surface area contributed by atoms with Gasteiger partial charge in [-0.2, -0.15) is 0 Å². The number of amides is 1. The Labute approximate surface area is 243 Å². The number of ether oxygens (including phenoxy) is 2. The number of nitrogens with zero attached hydrogens (tertiary/aromatic N) is 2. The molecule has 1 fully saturated rings. The molecule has 1 aliphatic heterocycles. The first-order chi connectivity index (χ1) is 19.3. The van der Waals surface area contributed by atoms with Crippen molar-refractivity contribution >= 4 is 29.1 Å². The van der Waals surface area contributed by atoms with Crippen LogP contribution in [0.25, 0.3) is 11.1 Å². The van der Waals surface area contributed by atoms with Gasteiger partial charge in [0, 0.05) is 24.9 Å². The quantitative estimate of drug-likeness (QED) is 0.249. The van der Waals surface area contributed by atoms with E-state index in [2.05, 4.69) is 17.2 Å². The Hall–Kier alpha value is -3.20. The summed E-state index contributed by atoms with van der Waals surface area (Å²) in [6.07, 6.45) is 0.489. The lowest BCUT2D eigenvalue weighted by Gasteiger charge is -2.41. The van der Waals surface area contributed by atoms with Crippen molar-refractivity contribution in [1.82, 2.24) is 14.9 Å². The zero-order valence-electron chi connectivity index (χ0n) is 22.3. The molecule has 2 heterocycles. The van der Waals surface area contributed by atoms with Crippen LogP contribution in [0.4, 0.5) is 0 Å². The highest BCUT2D eigenvalue weighted by Crippen LogP contribution is 2.42. The highest BCUT2D eigenvalue weighted by atomic mass is 35.5. The molecule has 4 aromatic rings. The van der Waals surface area contributed by atoms with Crippen molar-refractivity contribution < 1.29 is 19.4 Å². The minimum atomic E-state index is -0.620. The van der Waals surface area contributed by atoms with E-state index in [0.717, 1.165) is 33.4 Å². The maximum atomic E-state index is 11.5. The van der Waals surface area contributed by atoms with Crippen molar-refractivity contribution in [2.75, 3.05) is 0 Å². The molecule has 5 rings (SSSR count). The first kappa shape index (κ1) is 28.3. The summed E-state index contributed by atoms with van der Waals surface area (Å²) in [6, 6.07) is 23.9. The van der Waals surface area contributed by atoms with Crippen LogP contribution >= 0.6 is 23.2 Å². The molecule has 4 atom stereocenters. The van der Waals surface area contributed by atoms with E-state index >= 15 is 0 Å². The maximum Gasteiger partial charge on any atom is 0.217 e. The smallest absolute Gasteiger partial charge is 0.217 e. The number of hydrogen-bond donors (Lipinski definition) is 2. The van der Waals surface area contributed by atoms with Gasteiger partial charge in [0.05, 0.1) is 31.7 Å². The van der Waals surface area contributed by atoms with Crippen LogP contribution in [-0.4, -0.2) is 26.7 Å². The Morgan fingerprint density at radius 2 is 1.70 bits per heavy atom. The Bertz CT molecular complexity index is 1460. The van der Waals surface area contributed by atoms with Crippen LogP contribution in [0.1, 0.15) is 48.5 Å². The van der Waals surface area contributed by atoms with Crippen molar-refractivity contribution in [3.05, 3.63) is 112 Å². The largest absolute Gasteiger partial charge is 0.392 e. The number of rotatable bonds is 8. The van der Waals surface area contributed by atoms with E-state index in [4.69, 9.17) is 32.7 Å². The summed E-state index contributed by atoms with van der Waals surface area (Å²) in [5, 5.41) is 13.0. The second kappa shape index (κ2) is 12.5. The van der Waals surface area contributed by atoms with Crippen LogP contribution in [0.2, 0.25) is 10.3 Å². The molecule has 0 spiro atoms. The van der Waals surface area contributed by atoms with E-state index in [9.17, 15) is 9.90 Å². The standard InChI is InChI=1S/C31H31Cl2N3O4/c1-19-27(16-36-18-35-29(32)30(36)33)39-31(40-28(19)23-9-7-21(17-37)8-10-23)24-13-11-22(12-14-24)26-6-4-3-5-25(26)15-34-20(2)38/h3-14,18-19,27-28,31,37H,15-17H2,1-2H3,(H,34,38)/t19-,27+,28+,31+/m0/s1. The molecule has 0 radical (unpaired) electrons. The molecule has 0 aliphatic carbocycles. The van der Waals surface area contributed by atoms with Crippen LogP contribution in [0.15, 0.2) is 79.1 Å². The number of imidazole rings is 1. The van der Waals surface area contributed by atoms with Gasteiger partial charge >= 0.3 is 0 Å². The van der Waals surface area contributed by atoms with Crippen LogP contribution in [0, 0.1) is 5.92 Å². The number of benzene rings is 3. The van der Waals surface area contributed by atoms with Gasteiger partial charge in [-0.3, -0.25) is 4.79 Å². The second-order valence-electron chi connectivity index (χ2n) is 9.99. The number of aromatic nitrogens is 2. The summed E-state index contributed by atoms with van der Waals surface area (Å²) in [4.78, 5) is 15.6. The average Bonchev–Trinajstić information content (AvgIpc) is 3.29. The van der Waals surface area contributed by atoms with Crippen molar-refractivity contribution in [3.8, 4) is 11.1 Å². The van der Waals surface area contributed by atoms with Gasteiger partial charge in [-0.1, -0.05) is 103 Å². The lowest BCUT2D eigenvalue weighted by molar-refractivity contribution is -0.276. The molecule has 9 heteroatoms. The molecule has 208 valence electrons. The lowest BCUT2D eigenvalue weighted by Crippen LogP contribution is -2.39. The van der Waals surface area contributed by atoms with E-state index < -0.39 is 6.29 Å². The molecule has 1 saturated heterocycles. The third kappa shape index (κ3) is 6.24. The van der Waals surface area contributed by atoms with Crippen LogP contribution in [0.3, 0.4) is 0 Å². The number of aliphatic hydroxyl groups excluding tert-OH is 1. The highest BCUT2D eigenvalue weighted by molar-refractivity contribution is 6.40. The van der Waals surface area contributed by atoms with E-state index in [1.54, 1.807) is 10.9 Å². The van der Waals surface area contributed by atoms with Crippen LogP contribution in [0.5, 0.6) is 0 Å². The molecular weight excluding hydrogens is 549 g/mol. The minimum Gasteiger partial charge on any atom is -0.392 e. The summed E-state index contributed by atoms with van der Waals surface area (Å²) in [6.45, 7) is 4.50. The fourth-order valence-corrected chi connectivity index (χ4v) is 5.30. The molecule has 1 aliphatic rings. The van der Waals surface area contributed by atoms with E-state index in [1.165, 1.54) is 6.92 Å². The Morgan fingerprint density at radius 1 is 1.00 bits per heavy atom. The minimum absolute atomic E-state index is 0.0180. The van der Waals surface area contributed by atoms with Gasteiger partial charge in [-0.25, -0.2) is 4.98 Å². The van der Waals surface area contributed by atoms with Gasteiger partial charge in [0.2, 0.25) is 5.91 Å². The van der Waals surface area contributed by atoms with E-state index in [-0.39, 0.29) is 35.8 Å². The number of carbonyl (C=O) groups is 1. The second-order valence-corrected chi connectivity index (χ2v) is 10.7. The molecule has 3 aromatic carbocycles. The van der Waals surface area contributed by atoms with Gasteiger partial charge in [-0.15, -0.1) is 0 Å². The maximum absolute atomic E-state index is 11.5. The number of aliphatic hydroxyl groups is 1. The fourth-order valence-electron chi connectivity index (χ4n) is 4.99. The Balaban J connectivity index is 1.43. The Morgan fingerprint density at radius 3 is 2.35 bits per heavy atom. The summed E-state index contributed by atoms with van der Waals surface area (Å²) in [7, 11) is 0. The molecule has 2 N–H and O–H groups in total.